The molecule has 1 N–H and O–H groups in total. The van der Waals surface area contributed by atoms with Crippen LogP contribution in [0.4, 0.5) is 5.69 Å². The molecule has 0 unspecified atom stereocenters. The number of amides is 1. The summed E-state index contributed by atoms with van der Waals surface area (Å²) in [6.45, 7) is 4.49. The Morgan fingerprint density at radius 2 is 1.83 bits per heavy atom. The molecule has 1 heterocycles. The third-order valence-electron chi connectivity index (χ3n) is 6.16. The van der Waals surface area contributed by atoms with Crippen LogP contribution in [0, 0.1) is 11.8 Å². The molecule has 3 atom stereocenters. The summed E-state index contributed by atoms with van der Waals surface area (Å²) in [5, 5.41) is 4.18. The van der Waals surface area contributed by atoms with E-state index in [2.05, 4.69) is 19.2 Å². The van der Waals surface area contributed by atoms with Crippen molar-refractivity contribution in [3.63, 3.8) is 0 Å². The number of hydrogen-bond acceptors (Lipinski definition) is 4. The fourth-order valence-corrected chi connectivity index (χ4v) is 5.14. The Hall–Kier alpha value is -2.60. The highest BCUT2D eigenvalue weighted by atomic mass is 32.2. The summed E-state index contributed by atoms with van der Waals surface area (Å²) >= 11 is 1.34. The Balaban J connectivity index is 1.65. The van der Waals surface area contributed by atoms with E-state index in [1.54, 1.807) is 0 Å². The van der Waals surface area contributed by atoms with Gasteiger partial charge in [0, 0.05) is 11.7 Å². The van der Waals surface area contributed by atoms with E-state index in [0.29, 0.717) is 27.9 Å². The summed E-state index contributed by atoms with van der Waals surface area (Å²) in [4.78, 5) is 30.7. The van der Waals surface area contributed by atoms with Crippen molar-refractivity contribution < 1.29 is 4.79 Å². The highest BCUT2D eigenvalue weighted by Crippen LogP contribution is 2.38. The molecule has 6 heteroatoms. The average molecular weight is 422 g/mol. The van der Waals surface area contributed by atoms with E-state index in [0.717, 1.165) is 18.5 Å². The van der Waals surface area contributed by atoms with Gasteiger partial charge < -0.3 is 5.32 Å². The number of anilines is 1. The van der Waals surface area contributed by atoms with Crippen molar-refractivity contribution in [1.29, 1.82) is 0 Å². The zero-order valence-corrected chi connectivity index (χ0v) is 18.2. The van der Waals surface area contributed by atoms with Crippen molar-refractivity contribution in [3.05, 3.63) is 65.0 Å². The number of rotatable bonds is 5. The van der Waals surface area contributed by atoms with Crippen molar-refractivity contribution in [3.8, 4) is 0 Å². The van der Waals surface area contributed by atoms with Crippen LogP contribution in [-0.4, -0.2) is 21.2 Å². The number of nitrogens with zero attached hydrogens (tertiary/aromatic N) is 2. The molecule has 1 aromatic heterocycles. The molecule has 4 rings (SSSR count). The first-order chi connectivity index (χ1) is 14.5. The number of para-hydroxylation sites is 2. The fourth-order valence-electron chi connectivity index (χ4n) is 4.29. The summed E-state index contributed by atoms with van der Waals surface area (Å²) in [5.41, 5.74) is 1.44. The van der Waals surface area contributed by atoms with Crippen LogP contribution in [0.1, 0.15) is 39.2 Å². The summed E-state index contributed by atoms with van der Waals surface area (Å²) in [6, 6.07) is 17.0. The highest BCUT2D eigenvalue weighted by Gasteiger charge is 2.31. The second-order valence-corrected chi connectivity index (χ2v) is 9.07. The number of aromatic nitrogens is 2. The van der Waals surface area contributed by atoms with E-state index in [1.165, 1.54) is 18.2 Å². The third-order valence-corrected chi connectivity index (χ3v) is 7.11. The van der Waals surface area contributed by atoms with Gasteiger partial charge in [-0.1, -0.05) is 68.8 Å². The van der Waals surface area contributed by atoms with Crippen molar-refractivity contribution in [2.75, 3.05) is 11.1 Å². The summed E-state index contributed by atoms with van der Waals surface area (Å²) in [6.07, 6.45) is 3.26. The number of carbonyl (C=O) groups is 1. The molecule has 156 valence electrons. The van der Waals surface area contributed by atoms with Crippen molar-refractivity contribution in [2.24, 2.45) is 11.8 Å². The lowest BCUT2D eigenvalue weighted by molar-refractivity contribution is -0.113. The van der Waals surface area contributed by atoms with Gasteiger partial charge in [-0.25, -0.2) is 4.98 Å². The minimum Gasteiger partial charge on any atom is -0.325 e. The zero-order chi connectivity index (χ0) is 21.1. The summed E-state index contributed by atoms with van der Waals surface area (Å²) in [7, 11) is 0. The molecule has 3 aromatic rings. The number of hydrogen-bond donors (Lipinski definition) is 1. The lowest BCUT2D eigenvalue weighted by Gasteiger charge is -2.36. The topological polar surface area (TPSA) is 64.0 Å². The SMILES string of the molecule is C[C@@H]1[C@H](C)CCC[C@H]1n1c(SCC(=O)Nc2ccccc2)nc2ccccc2c1=O. The lowest BCUT2D eigenvalue weighted by atomic mass is 9.78. The predicted octanol–water partition coefficient (Wildman–Crippen LogP) is 5.12. The fraction of sp³-hybridized carbons (Fsp3) is 0.375. The minimum absolute atomic E-state index is 0.00230. The Kier molecular flexibility index (Phi) is 6.23. The second-order valence-electron chi connectivity index (χ2n) is 8.12. The molecule has 1 aliphatic rings. The molecule has 30 heavy (non-hydrogen) atoms. The van der Waals surface area contributed by atoms with Crippen LogP contribution >= 0.6 is 11.8 Å². The first-order valence-electron chi connectivity index (χ1n) is 10.5. The molecule has 1 aliphatic carbocycles. The van der Waals surface area contributed by atoms with Gasteiger partial charge in [-0.05, 0) is 42.5 Å². The Morgan fingerprint density at radius 1 is 1.10 bits per heavy atom. The standard InChI is InChI=1S/C24H27N3O2S/c1-16-9-8-14-21(17(16)2)27-23(29)19-12-6-7-13-20(19)26-24(27)30-15-22(28)25-18-10-4-3-5-11-18/h3-7,10-13,16-17,21H,8-9,14-15H2,1-2H3,(H,25,28)/t16-,17-,21-/m1/s1. The van der Waals surface area contributed by atoms with Crippen LogP contribution in [0.2, 0.25) is 0 Å². The van der Waals surface area contributed by atoms with Crippen molar-refractivity contribution in [1.82, 2.24) is 9.55 Å². The number of nitrogens with one attached hydrogen (secondary N) is 1. The molecule has 5 nitrogen and oxygen atoms in total. The van der Waals surface area contributed by atoms with Crippen LogP contribution in [0.5, 0.6) is 0 Å². The molecule has 1 fully saturated rings. The van der Waals surface area contributed by atoms with Gasteiger partial charge in [0.1, 0.15) is 0 Å². The first-order valence-corrected chi connectivity index (χ1v) is 11.5. The van der Waals surface area contributed by atoms with E-state index in [9.17, 15) is 9.59 Å². The number of fused-ring (bicyclic) bond motifs is 1. The van der Waals surface area contributed by atoms with Gasteiger partial charge in [0.25, 0.3) is 5.56 Å². The van der Waals surface area contributed by atoms with Crippen LogP contribution in [0.15, 0.2) is 64.5 Å². The molecule has 0 aliphatic heterocycles. The molecule has 0 spiro atoms. The molecular weight excluding hydrogens is 394 g/mol. The van der Waals surface area contributed by atoms with Crippen LogP contribution < -0.4 is 10.9 Å². The van der Waals surface area contributed by atoms with Gasteiger partial charge in [0.05, 0.1) is 16.7 Å². The van der Waals surface area contributed by atoms with Crippen molar-refractivity contribution >= 4 is 34.3 Å². The summed E-state index contributed by atoms with van der Waals surface area (Å²) in [5.74, 6) is 1.04. The molecule has 0 bridgehead atoms. The average Bonchev–Trinajstić information content (AvgIpc) is 2.75. The molecular formula is C24H27N3O2S. The van der Waals surface area contributed by atoms with Gasteiger partial charge in [0.2, 0.25) is 5.91 Å². The summed E-state index contributed by atoms with van der Waals surface area (Å²) < 4.78 is 1.86. The maximum atomic E-state index is 13.4. The van der Waals surface area contributed by atoms with Crippen LogP contribution in [0.3, 0.4) is 0 Å². The third kappa shape index (κ3) is 4.29. The van der Waals surface area contributed by atoms with E-state index in [-0.39, 0.29) is 23.3 Å². The quantitative estimate of drug-likeness (QED) is 0.458. The Morgan fingerprint density at radius 3 is 2.63 bits per heavy atom. The normalized spacial score (nSPS) is 21.5. The monoisotopic (exact) mass is 421 g/mol. The number of benzene rings is 2. The molecule has 2 aromatic carbocycles. The van der Waals surface area contributed by atoms with Gasteiger partial charge in [-0.15, -0.1) is 0 Å². The van der Waals surface area contributed by atoms with Gasteiger partial charge in [-0.3, -0.25) is 14.2 Å². The highest BCUT2D eigenvalue weighted by molar-refractivity contribution is 7.99. The Labute approximate surface area is 180 Å². The lowest BCUT2D eigenvalue weighted by Crippen LogP contribution is -2.35. The van der Waals surface area contributed by atoms with E-state index < -0.39 is 0 Å². The van der Waals surface area contributed by atoms with E-state index in [4.69, 9.17) is 4.98 Å². The van der Waals surface area contributed by atoms with Gasteiger partial charge in [0.15, 0.2) is 5.16 Å². The first kappa shape index (κ1) is 20.7. The molecule has 1 amide bonds. The zero-order valence-electron chi connectivity index (χ0n) is 17.4. The largest absolute Gasteiger partial charge is 0.325 e. The molecule has 0 saturated heterocycles. The number of thioether (sulfide) groups is 1. The second kappa shape index (κ2) is 9.04. The van der Waals surface area contributed by atoms with Gasteiger partial charge >= 0.3 is 0 Å². The predicted molar refractivity (Wildman–Crippen MR) is 123 cm³/mol. The Bertz CT molecular complexity index is 1100. The minimum atomic E-state index is -0.106. The van der Waals surface area contributed by atoms with Crippen LogP contribution in [0.25, 0.3) is 10.9 Å². The smallest absolute Gasteiger partial charge is 0.262 e. The maximum absolute atomic E-state index is 13.4. The number of carbonyl (C=O) groups excluding carboxylic acids is 1. The van der Waals surface area contributed by atoms with Crippen molar-refractivity contribution in [2.45, 2.75) is 44.3 Å². The van der Waals surface area contributed by atoms with Crippen LogP contribution in [-0.2, 0) is 4.79 Å². The van der Waals surface area contributed by atoms with Gasteiger partial charge in [-0.2, -0.15) is 0 Å². The van der Waals surface area contributed by atoms with E-state index >= 15 is 0 Å². The van der Waals surface area contributed by atoms with E-state index in [1.807, 2.05) is 59.2 Å². The molecule has 0 radical (unpaired) electrons. The molecule has 1 saturated carbocycles. The maximum Gasteiger partial charge on any atom is 0.262 e.